The molecule has 0 spiro atoms. The van der Waals surface area contributed by atoms with Crippen LogP contribution in [0.15, 0.2) is 17.6 Å². The third kappa shape index (κ3) is 4.57. The number of hydrogen-bond acceptors (Lipinski definition) is 8. The van der Waals surface area contributed by atoms with Crippen LogP contribution < -0.4 is 15.8 Å². The van der Waals surface area contributed by atoms with Gasteiger partial charge < -0.3 is 24.8 Å². The molecule has 0 bridgehead atoms. The summed E-state index contributed by atoms with van der Waals surface area (Å²) < 4.78 is 29.2. The number of thiazole rings is 1. The Morgan fingerprint density at radius 1 is 1.30 bits per heavy atom. The molecular formula is C19H24N3O6PS. The largest absolute Gasteiger partial charge is 0.480 e. The van der Waals surface area contributed by atoms with Crippen molar-refractivity contribution in [3.8, 4) is 17.0 Å². The highest BCUT2D eigenvalue weighted by Crippen LogP contribution is 2.50. The summed E-state index contributed by atoms with van der Waals surface area (Å²) in [6.45, 7) is 5.43. The van der Waals surface area contributed by atoms with Gasteiger partial charge >= 0.3 is 7.60 Å². The summed E-state index contributed by atoms with van der Waals surface area (Å²) in [6.07, 6.45) is 0.250. The first kappa shape index (κ1) is 22.4. The minimum absolute atomic E-state index is 0.228. The van der Waals surface area contributed by atoms with Crippen molar-refractivity contribution in [2.75, 3.05) is 19.6 Å². The molecule has 2 aromatic rings. The Morgan fingerprint density at radius 2 is 2.00 bits per heavy atom. The fourth-order valence-electron chi connectivity index (χ4n) is 3.16. The first-order valence-corrected chi connectivity index (χ1v) is 12.1. The van der Waals surface area contributed by atoms with Gasteiger partial charge in [0.2, 0.25) is 5.91 Å². The monoisotopic (exact) mass is 453 g/mol. The molecule has 30 heavy (non-hydrogen) atoms. The minimum Gasteiger partial charge on any atom is -0.480 e. The molecule has 162 valence electrons. The second-order valence-corrected chi connectivity index (χ2v) is 9.52. The number of amides is 2. The summed E-state index contributed by atoms with van der Waals surface area (Å²) >= 11 is 1.48. The van der Waals surface area contributed by atoms with E-state index in [1.165, 1.54) is 18.3 Å². The summed E-state index contributed by atoms with van der Waals surface area (Å²) in [5.74, 6) is -0.592. The number of aromatic nitrogens is 1. The third-order valence-corrected chi connectivity index (χ3v) is 7.12. The number of fused-ring (bicyclic) bond motifs is 3. The van der Waals surface area contributed by atoms with Crippen molar-refractivity contribution in [3.63, 3.8) is 0 Å². The van der Waals surface area contributed by atoms with Gasteiger partial charge in [0.15, 0.2) is 6.35 Å². The number of hydrogen-bond donors (Lipinski definition) is 2. The Labute approximate surface area is 178 Å². The van der Waals surface area contributed by atoms with Gasteiger partial charge in [0.25, 0.3) is 5.91 Å². The van der Waals surface area contributed by atoms with E-state index in [0.29, 0.717) is 23.3 Å². The van der Waals surface area contributed by atoms with Crippen LogP contribution in [0, 0.1) is 0 Å². The van der Waals surface area contributed by atoms with Gasteiger partial charge in [-0.3, -0.25) is 14.2 Å². The predicted octanol–water partition coefficient (Wildman–Crippen LogP) is 2.92. The number of nitrogens with zero attached hydrogens (tertiary/aromatic N) is 1. The lowest BCUT2D eigenvalue weighted by Gasteiger charge is -2.19. The molecule has 1 aliphatic carbocycles. The van der Waals surface area contributed by atoms with Gasteiger partial charge in [0.05, 0.1) is 24.4 Å². The second-order valence-electron chi connectivity index (χ2n) is 6.58. The summed E-state index contributed by atoms with van der Waals surface area (Å²) in [5.41, 5.74) is 9.52. The van der Waals surface area contributed by atoms with E-state index >= 15 is 0 Å². The fourth-order valence-corrected chi connectivity index (χ4v) is 5.25. The zero-order valence-corrected chi connectivity index (χ0v) is 18.7. The summed E-state index contributed by atoms with van der Waals surface area (Å²) in [4.78, 5) is 29.4. The average molecular weight is 453 g/mol. The SMILES string of the molecule is CCOP(=O)(COc1ccc(C(=O)N[C@H](C)C(N)=O)c2c1-c1ncsc1C2)OCC. The maximum absolute atomic E-state index is 12.8. The van der Waals surface area contributed by atoms with Crippen molar-refractivity contribution in [2.45, 2.75) is 33.2 Å². The quantitative estimate of drug-likeness (QED) is 0.452. The van der Waals surface area contributed by atoms with Crippen LogP contribution in [0.1, 0.15) is 41.6 Å². The van der Waals surface area contributed by atoms with Gasteiger partial charge in [-0.1, -0.05) is 0 Å². The summed E-state index contributed by atoms with van der Waals surface area (Å²) in [7, 11) is -3.41. The van der Waals surface area contributed by atoms with Crippen LogP contribution in [-0.4, -0.2) is 42.4 Å². The molecule has 1 aliphatic rings. The van der Waals surface area contributed by atoms with Crippen LogP contribution in [0.5, 0.6) is 5.75 Å². The number of rotatable bonds is 10. The molecule has 0 radical (unpaired) electrons. The molecule has 0 saturated carbocycles. The van der Waals surface area contributed by atoms with Crippen LogP contribution in [0.3, 0.4) is 0 Å². The van der Waals surface area contributed by atoms with Crippen molar-refractivity contribution >= 4 is 30.7 Å². The van der Waals surface area contributed by atoms with E-state index in [1.54, 1.807) is 31.5 Å². The van der Waals surface area contributed by atoms with E-state index in [2.05, 4.69) is 10.3 Å². The molecule has 1 heterocycles. The molecule has 1 atom stereocenters. The maximum Gasteiger partial charge on any atom is 0.367 e. The highest BCUT2D eigenvalue weighted by Gasteiger charge is 2.32. The fraction of sp³-hybridized carbons (Fsp3) is 0.421. The van der Waals surface area contributed by atoms with E-state index in [0.717, 1.165) is 16.1 Å². The van der Waals surface area contributed by atoms with Crippen molar-refractivity contribution in [2.24, 2.45) is 5.73 Å². The van der Waals surface area contributed by atoms with Crippen LogP contribution in [0.4, 0.5) is 0 Å². The maximum atomic E-state index is 12.8. The molecule has 3 N–H and O–H groups in total. The number of ether oxygens (including phenoxy) is 1. The molecule has 9 nitrogen and oxygen atoms in total. The van der Waals surface area contributed by atoms with Crippen molar-refractivity contribution < 1.29 is 27.9 Å². The Hall–Kier alpha value is -2.26. The Morgan fingerprint density at radius 3 is 2.63 bits per heavy atom. The molecule has 1 aromatic heterocycles. The third-order valence-electron chi connectivity index (χ3n) is 4.54. The number of benzene rings is 1. The molecule has 1 aromatic carbocycles. The smallest absolute Gasteiger partial charge is 0.367 e. The summed E-state index contributed by atoms with van der Waals surface area (Å²) in [6, 6.07) is 2.43. The van der Waals surface area contributed by atoms with E-state index < -0.39 is 25.5 Å². The molecule has 0 saturated heterocycles. The van der Waals surface area contributed by atoms with E-state index in [1.807, 2.05) is 0 Å². The van der Waals surface area contributed by atoms with Crippen LogP contribution in [0.25, 0.3) is 11.3 Å². The number of nitrogens with one attached hydrogen (secondary N) is 1. The lowest BCUT2D eigenvalue weighted by Crippen LogP contribution is -2.42. The highest BCUT2D eigenvalue weighted by molar-refractivity contribution is 7.53. The van der Waals surface area contributed by atoms with Gasteiger partial charge in [0.1, 0.15) is 11.8 Å². The first-order valence-electron chi connectivity index (χ1n) is 9.49. The van der Waals surface area contributed by atoms with Gasteiger partial charge in [0, 0.05) is 22.4 Å². The lowest BCUT2D eigenvalue weighted by molar-refractivity contribution is -0.119. The number of primary amides is 1. The molecule has 0 fully saturated rings. The average Bonchev–Trinajstić information content (AvgIpc) is 3.27. The molecule has 3 rings (SSSR count). The lowest BCUT2D eigenvalue weighted by atomic mass is 10.0. The molecule has 2 amide bonds. The Bertz CT molecular complexity index is 998. The van der Waals surface area contributed by atoms with E-state index in [4.69, 9.17) is 19.5 Å². The first-order chi connectivity index (χ1) is 14.3. The van der Waals surface area contributed by atoms with Crippen molar-refractivity contribution in [3.05, 3.63) is 33.6 Å². The predicted molar refractivity (Wildman–Crippen MR) is 113 cm³/mol. The number of nitrogens with two attached hydrogens (primary N) is 1. The molecule has 0 unspecified atom stereocenters. The van der Waals surface area contributed by atoms with Gasteiger partial charge in [-0.2, -0.15) is 0 Å². The van der Waals surface area contributed by atoms with Gasteiger partial charge in [-0.05, 0) is 38.5 Å². The highest BCUT2D eigenvalue weighted by atomic mass is 32.1. The standard InChI is InChI=1S/C19H24N3O6PS/c1-4-27-29(25,28-5-2)10-26-14-7-6-12(19(24)22-11(3)18(20)23)13-8-15-17(16(13)14)21-9-30-15/h6-7,9,11H,4-5,8,10H2,1-3H3,(H2,20,23)(H,22,24)/t11-/m1/s1. The Balaban J connectivity index is 1.93. The van der Waals surface area contributed by atoms with Crippen LogP contribution in [0.2, 0.25) is 0 Å². The second kappa shape index (κ2) is 9.26. The topological polar surface area (TPSA) is 130 Å². The zero-order valence-electron chi connectivity index (χ0n) is 17.0. The van der Waals surface area contributed by atoms with E-state index in [9.17, 15) is 14.2 Å². The Kier molecular flexibility index (Phi) is 6.92. The van der Waals surface area contributed by atoms with E-state index in [-0.39, 0.29) is 19.6 Å². The molecule has 11 heteroatoms. The normalized spacial score (nSPS) is 13.4. The zero-order chi connectivity index (χ0) is 21.9. The van der Waals surface area contributed by atoms with Crippen molar-refractivity contribution in [1.29, 1.82) is 0 Å². The van der Waals surface area contributed by atoms with Gasteiger partial charge in [-0.25, -0.2) is 4.98 Å². The number of carbonyl (C=O) groups is 2. The van der Waals surface area contributed by atoms with Crippen LogP contribution in [-0.2, 0) is 24.8 Å². The van der Waals surface area contributed by atoms with Crippen LogP contribution >= 0.6 is 18.9 Å². The number of carbonyl (C=O) groups excluding carboxylic acids is 2. The minimum atomic E-state index is -3.41. The molecular weight excluding hydrogens is 429 g/mol. The van der Waals surface area contributed by atoms with Gasteiger partial charge in [-0.15, -0.1) is 11.3 Å². The van der Waals surface area contributed by atoms with Crippen molar-refractivity contribution in [1.82, 2.24) is 10.3 Å². The molecule has 0 aliphatic heterocycles. The summed E-state index contributed by atoms with van der Waals surface area (Å²) in [5, 5.41) is 2.60.